The number of amides is 2. The van der Waals surface area contributed by atoms with Crippen LogP contribution in [0.2, 0.25) is 0 Å². The van der Waals surface area contributed by atoms with E-state index in [1.807, 2.05) is 19.9 Å². The van der Waals surface area contributed by atoms with E-state index in [-0.39, 0.29) is 35.2 Å². The van der Waals surface area contributed by atoms with E-state index < -0.39 is 12.1 Å². The van der Waals surface area contributed by atoms with Gasteiger partial charge >= 0.3 is 0 Å². The molecule has 0 aromatic heterocycles. The number of hydrogen-bond acceptors (Lipinski definition) is 8. The summed E-state index contributed by atoms with van der Waals surface area (Å²) in [5.74, 6) is -0.0158. The summed E-state index contributed by atoms with van der Waals surface area (Å²) in [6.07, 6.45) is 16.5. The summed E-state index contributed by atoms with van der Waals surface area (Å²) in [7, 11) is 0. The Morgan fingerprint density at radius 1 is 0.783 bits per heavy atom. The summed E-state index contributed by atoms with van der Waals surface area (Å²) in [4.78, 5) is 26.3. The number of rotatable bonds is 7. The molecule has 12 heteroatoms. The zero-order chi connectivity index (χ0) is 32.5. The molecule has 6 aliphatic rings. The van der Waals surface area contributed by atoms with Crippen molar-refractivity contribution in [1.82, 2.24) is 10.0 Å². The van der Waals surface area contributed by atoms with E-state index in [4.69, 9.17) is 23.2 Å². The predicted molar refractivity (Wildman–Crippen MR) is 181 cm³/mol. The molecule has 2 amide bonds. The molecule has 0 N–H and O–H groups in total. The van der Waals surface area contributed by atoms with Gasteiger partial charge in [-0.15, -0.1) is 11.6 Å². The van der Waals surface area contributed by atoms with Gasteiger partial charge in [-0.3, -0.25) is 9.59 Å². The van der Waals surface area contributed by atoms with Crippen LogP contribution >= 0.6 is 23.2 Å². The van der Waals surface area contributed by atoms with E-state index in [0.29, 0.717) is 47.1 Å². The highest BCUT2D eigenvalue weighted by molar-refractivity contribution is 6.30. The van der Waals surface area contributed by atoms with E-state index >= 15 is 0 Å². The lowest BCUT2D eigenvalue weighted by Gasteiger charge is -2.28. The molecule has 10 nitrogen and oxygen atoms in total. The largest absolute Gasteiger partial charge is 0.275 e. The van der Waals surface area contributed by atoms with E-state index in [9.17, 15) is 9.59 Å². The first kappa shape index (κ1) is 32.7. The molecule has 2 heterocycles. The normalized spacial score (nSPS) is 32.7. The molecule has 0 saturated heterocycles. The standard InChI is InChI=1S/C34H42Cl2N8O2/c1-19-5-11-25(12-6-19)43-33(45)31(21(3)41-43)39-37-29-15-9-23(17-27(29)35)24-10-16-30(28(36)18-24)38-40-32-22(4)42-44(34(32)46)26-13-7-20(2)8-14-26/h5,7,9,16,24-26,28,31-32H,6,8,10-15,17-18H2,1-4H3. The highest BCUT2D eigenvalue weighted by Gasteiger charge is 2.39. The second-order valence-corrected chi connectivity index (χ2v) is 14.3. The van der Waals surface area contributed by atoms with Crippen molar-refractivity contribution in [1.29, 1.82) is 0 Å². The number of hydrogen-bond donors (Lipinski definition) is 0. The van der Waals surface area contributed by atoms with E-state index in [1.165, 1.54) is 16.7 Å². The first-order valence-electron chi connectivity index (χ1n) is 16.4. The van der Waals surface area contributed by atoms with Crippen LogP contribution in [0.25, 0.3) is 0 Å². The average Bonchev–Trinajstić information content (AvgIpc) is 3.49. The summed E-state index contributed by atoms with van der Waals surface area (Å²) in [6, 6.07) is -1.24. The van der Waals surface area contributed by atoms with Gasteiger partial charge in [0, 0.05) is 17.9 Å². The van der Waals surface area contributed by atoms with Gasteiger partial charge in [0.15, 0.2) is 12.1 Å². The minimum absolute atomic E-state index is 0.0775. The lowest BCUT2D eigenvalue weighted by atomic mass is 9.82. The highest BCUT2D eigenvalue weighted by atomic mass is 35.5. The van der Waals surface area contributed by atoms with Crippen LogP contribution in [0.4, 0.5) is 0 Å². The number of hydrazone groups is 2. The summed E-state index contributed by atoms with van der Waals surface area (Å²) >= 11 is 13.5. The topological polar surface area (TPSA) is 115 Å². The van der Waals surface area contributed by atoms with Gasteiger partial charge in [-0.25, -0.2) is 10.0 Å². The zero-order valence-electron chi connectivity index (χ0n) is 27.0. The molecular formula is C34H42Cl2N8O2. The smallest absolute Gasteiger partial charge is 0.270 e. The Balaban J connectivity index is 1.03. The number of allylic oxidation sites excluding steroid dienone is 7. The fourth-order valence-electron chi connectivity index (χ4n) is 6.91. The van der Waals surface area contributed by atoms with Crippen LogP contribution in [-0.4, -0.2) is 62.8 Å². The molecular weight excluding hydrogens is 623 g/mol. The second kappa shape index (κ2) is 13.9. The molecule has 4 aliphatic carbocycles. The van der Waals surface area contributed by atoms with Gasteiger partial charge in [0.1, 0.15) is 0 Å². The monoisotopic (exact) mass is 664 g/mol. The third-order valence-corrected chi connectivity index (χ3v) is 10.7. The van der Waals surface area contributed by atoms with Crippen LogP contribution in [-0.2, 0) is 9.59 Å². The van der Waals surface area contributed by atoms with Crippen LogP contribution in [0.3, 0.4) is 0 Å². The highest BCUT2D eigenvalue weighted by Crippen LogP contribution is 2.40. The summed E-state index contributed by atoms with van der Waals surface area (Å²) in [6.45, 7) is 7.91. The Bertz CT molecular complexity index is 1570. The molecule has 0 aromatic carbocycles. The van der Waals surface area contributed by atoms with Crippen molar-refractivity contribution in [2.75, 3.05) is 0 Å². The van der Waals surface area contributed by atoms with Gasteiger partial charge in [-0.05, 0) is 85.0 Å². The Morgan fingerprint density at radius 2 is 1.35 bits per heavy atom. The van der Waals surface area contributed by atoms with Gasteiger partial charge < -0.3 is 0 Å². The molecule has 0 aromatic rings. The average molecular weight is 666 g/mol. The van der Waals surface area contributed by atoms with Crippen LogP contribution in [0.1, 0.15) is 91.9 Å². The van der Waals surface area contributed by atoms with Crippen LogP contribution in [0.5, 0.6) is 0 Å². The first-order chi connectivity index (χ1) is 22.1. The van der Waals surface area contributed by atoms with Crippen LogP contribution in [0.15, 0.2) is 88.1 Å². The third kappa shape index (κ3) is 6.88. The molecule has 0 fully saturated rings. The van der Waals surface area contributed by atoms with Crippen molar-refractivity contribution in [3.05, 3.63) is 57.4 Å². The number of halogens is 2. The van der Waals surface area contributed by atoms with E-state index in [1.54, 1.807) is 10.0 Å². The van der Waals surface area contributed by atoms with Crippen molar-refractivity contribution >= 4 is 46.4 Å². The van der Waals surface area contributed by atoms with Gasteiger partial charge in [0.25, 0.3) is 11.8 Å². The molecule has 6 rings (SSSR count). The maximum Gasteiger partial charge on any atom is 0.275 e. The number of carbonyl (C=O) groups excluding carboxylic acids is 2. The van der Waals surface area contributed by atoms with Gasteiger partial charge in [0.2, 0.25) is 0 Å². The molecule has 0 saturated carbocycles. The molecule has 2 aliphatic heterocycles. The molecule has 6 atom stereocenters. The van der Waals surface area contributed by atoms with Crippen LogP contribution in [0, 0.1) is 5.92 Å². The van der Waals surface area contributed by atoms with Crippen molar-refractivity contribution in [2.45, 2.75) is 121 Å². The summed E-state index contributed by atoms with van der Waals surface area (Å²) < 4.78 is 0. The molecule has 244 valence electrons. The van der Waals surface area contributed by atoms with Crippen molar-refractivity contribution in [3.63, 3.8) is 0 Å². The molecule has 46 heavy (non-hydrogen) atoms. The number of azo groups is 2. The van der Waals surface area contributed by atoms with Crippen molar-refractivity contribution < 1.29 is 9.59 Å². The first-order valence-corrected chi connectivity index (χ1v) is 17.2. The maximum absolute atomic E-state index is 13.1. The lowest BCUT2D eigenvalue weighted by Crippen LogP contribution is -2.38. The third-order valence-electron chi connectivity index (χ3n) is 9.92. The van der Waals surface area contributed by atoms with Gasteiger partial charge in [0.05, 0.1) is 40.3 Å². The maximum atomic E-state index is 13.1. The van der Waals surface area contributed by atoms with Gasteiger partial charge in [-0.1, -0.05) is 52.6 Å². The second-order valence-electron chi connectivity index (χ2n) is 13.3. The Labute approximate surface area is 280 Å². The molecule has 0 radical (unpaired) electrons. The minimum atomic E-state index is -0.700. The Hall–Kier alpha value is -3.24. The van der Waals surface area contributed by atoms with Gasteiger partial charge in [-0.2, -0.15) is 30.7 Å². The molecule has 0 spiro atoms. The van der Waals surface area contributed by atoms with E-state index in [0.717, 1.165) is 44.9 Å². The molecule has 0 bridgehead atoms. The number of alkyl halides is 1. The fourth-order valence-corrected chi connectivity index (χ4v) is 7.52. The molecule has 6 unspecified atom stereocenters. The minimum Gasteiger partial charge on any atom is -0.270 e. The fraction of sp³-hybridized carbons (Fsp3) is 0.588. The Kier molecular flexibility index (Phi) is 9.85. The predicted octanol–water partition coefficient (Wildman–Crippen LogP) is 8.13. The quantitative estimate of drug-likeness (QED) is 0.155. The number of carbonyl (C=O) groups is 2. The SMILES string of the molecule is CC1=CCC(N2N=C(C)C(N=NC3=CCC(C4=CCC(N=NC5C(=O)N(C6CC=C(C)CC6)N=C5C)=C(Cl)C4)CC3Cl)C2=O)CC1. The summed E-state index contributed by atoms with van der Waals surface area (Å²) in [5, 5.41) is 30.3. The van der Waals surface area contributed by atoms with Crippen molar-refractivity contribution in [3.8, 4) is 0 Å². The number of nitrogens with zero attached hydrogens (tertiary/aromatic N) is 8. The Morgan fingerprint density at radius 3 is 1.85 bits per heavy atom. The zero-order valence-corrected chi connectivity index (χ0v) is 28.5. The lowest BCUT2D eigenvalue weighted by molar-refractivity contribution is -0.132. The van der Waals surface area contributed by atoms with Crippen molar-refractivity contribution in [2.24, 2.45) is 36.6 Å². The van der Waals surface area contributed by atoms with E-state index in [2.05, 4.69) is 62.7 Å². The summed E-state index contributed by atoms with van der Waals surface area (Å²) in [5.41, 5.74) is 6.62. The van der Waals surface area contributed by atoms with Crippen LogP contribution < -0.4 is 0 Å².